The molecule has 0 atom stereocenters. The number of hydrogen-bond acceptors (Lipinski definition) is 10. The summed E-state index contributed by atoms with van der Waals surface area (Å²) in [5.41, 5.74) is 0.905. The van der Waals surface area contributed by atoms with Gasteiger partial charge in [0.1, 0.15) is 0 Å². The van der Waals surface area contributed by atoms with Gasteiger partial charge in [0.2, 0.25) is 21.9 Å². The number of amides is 1. The number of aromatic nitrogens is 2. The Morgan fingerprint density at radius 1 is 1.04 bits per heavy atom. The van der Waals surface area contributed by atoms with E-state index in [0.29, 0.717) is 5.95 Å². The lowest BCUT2D eigenvalue weighted by Gasteiger charge is -2.27. The predicted octanol–water partition coefficient (Wildman–Crippen LogP) is 4.38. The van der Waals surface area contributed by atoms with E-state index >= 15 is 0 Å². The minimum atomic E-state index is -5.08. The third kappa shape index (κ3) is 10.7. The molecule has 0 bridgehead atoms. The van der Waals surface area contributed by atoms with Gasteiger partial charge in [0.15, 0.2) is 17.3 Å². The van der Waals surface area contributed by atoms with Gasteiger partial charge >= 0.3 is 12.1 Å². The number of halogens is 4. The van der Waals surface area contributed by atoms with Crippen LogP contribution in [-0.2, 0) is 20.2 Å². The van der Waals surface area contributed by atoms with Crippen molar-refractivity contribution in [3.63, 3.8) is 0 Å². The van der Waals surface area contributed by atoms with E-state index < -0.39 is 33.9 Å². The largest absolute Gasteiger partial charge is 0.492 e. The monoisotopic (exact) mass is 686 g/mol. The van der Waals surface area contributed by atoms with Gasteiger partial charge in [-0.3, -0.25) is 9.52 Å². The molecule has 1 amide bonds. The quantitative estimate of drug-likeness (QED) is 0.248. The van der Waals surface area contributed by atoms with E-state index in [-0.39, 0.29) is 39.7 Å². The van der Waals surface area contributed by atoms with Crippen molar-refractivity contribution in [3.8, 4) is 17.4 Å². The SMILES string of the molecule is COc1c(NC(=O)c2ccc(F)c(Oc3ccnc(N4CCNCC4)n3)c2)cc(C(C)(C)C)cc1NS(C)(=O)=O.O=C(O)C(F)(F)F. The maximum absolute atomic E-state index is 14.7. The first-order valence-corrected chi connectivity index (χ1v) is 15.8. The van der Waals surface area contributed by atoms with Gasteiger partial charge < -0.3 is 30.1 Å². The Kier molecular flexibility index (Phi) is 11.6. The highest BCUT2D eigenvalue weighted by Gasteiger charge is 2.38. The Balaban J connectivity index is 0.000000771. The van der Waals surface area contributed by atoms with Crippen LogP contribution in [-0.4, -0.2) is 81.1 Å². The number of piperazine rings is 1. The summed E-state index contributed by atoms with van der Waals surface area (Å²) in [4.78, 5) is 32.9. The van der Waals surface area contributed by atoms with Gasteiger partial charge in [0, 0.05) is 44.0 Å². The van der Waals surface area contributed by atoms with Gasteiger partial charge in [-0.25, -0.2) is 22.6 Å². The van der Waals surface area contributed by atoms with Crippen LogP contribution in [0, 0.1) is 5.82 Å². The van der Waals surface area contributed by atoms with E-state index in [4.69, 9.17) is 19.4 Å². The van der Waals surface area contributed by atoms with Crippen molar-refractivity contribution in [2.45, 2.75) is 32.4 Å². The highest BCUT2D eigenvalue weighted by molar-refractivity contribution is 7.92. The average molecular weight is 687 g/mol. The molecule has 4 N–H and O–H groups in total. The molecule has 0 spiro atoms. The van der Waals surface area contributed by atoms with Crippen molar-refractivity contribution in [2.75, 3.05) is 54.5 Å². The molecule has 0 unspecified atom stereocenters. The van der Waals surface area contributed by atoms with Crippen LogP contribution in [0.25, 0.3) is 0 Å². The molecule has 18 heteroatoms. The van der Waals surface area contributed by atoms with Crippen molar-refractivity contribution in [3.05, 3.63) is 59.5 Å². The Morgan fingerprint density at radius 3 is 2.21 bits per heavy atom. The molecule has 1 fully saturated rings. The molecule has 1 aliphatic heterocycles. The zero-order valence-electron chi connectivity index (χ0n) is 26.0. The van der Waals surface area contributed by atoms with Gasteiger partial charge in [0.25, 0.3) is 5.91 Å². The number of methoxy groups -OCH3 is 1. The number of nitrogens with one attached hydrogen (secondary N) is 3. The smallest absolute Gasteiger partial charge is 0.490 e. The number of aliphatic carboxylic acids is 1. The summed E-state index contributed by atoms with van der Waals surface area (Å²) in [6.45, 7) is 8.92. The van der Waals surface area contributed by atoms with Crippen molar-refractivity contribution in [1.29, 1.82) is 0 Å². The number of sulfonamides is 1. The summed E-state index contributed by atoms with van der Waals surface area (Å²) in [6.07, 6.45) is -2.52. The van der Waals surface area contributed by atoms with Crippen LogP contribution in [0.2, 0.25) is 0 Å². The molecule has 1 aromatic heterocycles. The molecule has 13 nitrogen and oxygen atoms in total. The van der Waals surface area contributed by atoms with Gasteiger partial charge in [-0.2, -0.15) is 18.2 Å². The standard InChI is InChI=1S/C27H33FN6O5S.C2HF3O2/c1-27(2,3)18-15-20(24(38-4)21(16-18)33-40(5,36)37)31-25(35)17-6-7-19(28)22(14-17)39-23-8-9-30-26(32-23)34-12-10-29-11-13-34;3-2(4,5)1(6)7/h6-9,14-16,29,33H,10-13H2,1-5H3,(H,31,35);(H,6,7). The summed E-state index contributed by atoms with van der Waals surface area (Å²) >= 11 is 0. The predicted molar refractivity (Wildman–Crippen MR) is 165 cm³/mol. The summed E-state index contributed by atoms with van der Waals surface area (Å²) in [5.74, 6) is -3.46. The molecular weight excluding hydrogens is 652 g/mol. The normalized spacial score (nSPS) is 13.6. The third-order valence-corrected chi connectivity index (χ3v) is 6.96. The second-order valence-electron chi connectivity index (χ2n) is 11.2. The van der Waals surface area contributed by atoms with Crippen molar-refractivity contribution < 1.29 is 50.1 Å². The summed E-state index contributed by atoms with van der Waals surface area (Å²) < 4.78 is 84.1. The highest BCUT2D eigenvalue weighted by Crippen LogP contribution is 2.39. The minimum Gasteiger partial charge on any atom is -0.492 e. The average Bonchev–Trinajstić information content (AvgIpc) is 2.97. The van der Waals surface area contributed by atoms with Gasteiger partial charge in [-0.05, 0) is 41.3 Å². The summed E-state index contributed by atoms with van der Waals surface area (Å²) in [6, 6.07) is 8.60. The molecule has 2 aromatic carbocycles. The number of anilines is 3. The van der Waals surface area contributed by atoms with Crippen LogP contribution >= 0.6 is 0 Å². The summed E-state index contributed by atoms with van der Waals surface area (Å²) in [5, 5.41) is 13.1. The molecule has 0 aliphatic carbocycles. The number of nitrogens with zero attached hydrogens (tertiary/aromatic N) is 3. The minimum absolute atomic E-state index is 0.105. The van der Waals surface area contributed by atoms with E-state index in [9.17, 15) is 30.8 Å². The zero-order chi connectivity index (χ0) is 35.2. The van der Waals surface area contributed by atoms with Crippen molar-refractivity contribution in [2.24, 2.45) is 0 Å². The molecular formula is C29H34F4N6O7S. The second kappa shape index (κ2) is 14.8. The second-order valence-corrected chi connectivity index (χ2v) is 12.9. The number of rotatable bonds is 8. The first-order valence-electron chi connectivity index (χ1n) is 13.9. The van der Waals surface area contributed by atoms with E-state index in [1.807, 2.05) is 25.7 Å². The fourth-order valence-corrected chi connectivity index (χ4v) is 4.64. The molecule has 1 aliphatic rings. The molecule has 4 rings (SSSR count). The zero-order valence-corrected chi connectivity index (χ0v) is 26.8. The van der Waals surface area contributed by atoms with Crippen LogP contribution in [0.5, 0.6) is 17.4 Å². The number of hydrogen-bond donors (Lipinski definition) is 4. The van der Waals surface area contributed by atoms with Gasteiger partial charge in [-0.15, -0.1) is 0 Å². The summed E-state index contributed by atoms with van der Waals surface area (Å²) in [7, 11) is -2.27. The first kappa shape index (κ1) is 36.8. The van der Waals surface area contributed by atoms with Crippen LogP contribution < -0.4 is 29.7 Å². The number of alkyl halides is 3. The molecule has 1 saturated heterocycles. The molecule has 0 saturated carbocycles. The molecule has 256 valence electrons. The first-order chi connectivity index (χ1) is 21.8. The third-order valence-electron chi connectivity index (χ3n) is 6.37. The molecule has 0 radical (unpaired) electrons. The van der Waals surface area contributed by atoms with Crippen LogP contribution in [0.15, 0.2) is 42.6 Å². The fourth-order valence-electron chi connectivity index (χ4n) is 4.09. The van der Waals surface area contributed by atoms with Crippen molar-refractivity contribution in [1.82, 2.24) is 15.3 Å². The highest BCUT2D eigenvalue weighted by atomic mass is 32.2. The maximum Gasteiger partial charge on any atom is 0.490 e. The van der Waals surface area contributed by atoms with E-state index in [1.54, 1.807) is 12.1 Å². The molecule has 3 aromatic rings. The molecule has 47 heavy (non-hydrogen) atoms. The van der Waals surface area contributed by atoms with Gasteiger partial charge in [-0.1, -0.05) is 20.8 Å². The van der Waals surface area contributed by atoms with Crippen LogP contribution in [0.3, 0.4) is 0 Å². The lowest BCUT2D eigenvalue weighted by atomic mass is 9.86. The number of benzene rings is 2. The lowest BCUT2D eigenvalue weighted by Crippen LogP contribution is -2.44. The Hall–Kier alpha value is -4.71. The number of carbonyl (C=O) groups excluding carboxylic acids is 1. The van der Waals surface area contributed by atoms with E-state index in [1.165, 1.54) is 31.5 Å². The maximum atomic E-state index is 14.7. The van der Waals surface area contributed by atoms with Gasteiger partial charge in [0.05, 0.1) is 24.7 Å². The Bertz CT molecular complexity index is 1710. The topological polar surface area (TPSA) is 172 Å². The number of ether oxygens (including phenoxy) is 2. The lowest BCUT2D eigenvalue weighted by molar-refractivity contribution is -0.192. The number of carboxylic acid groups (broad SMARTS) is 1. The Morgan fingerprint density at radius 2 is 1.66 bits per heavy atom. The fraction of sp³-hybridized carbons (Fsp3) is 0.379. The van der Waals surface area contributed by atoms with Crippen molar-refractivity contribution >= 4 is 39.2 Å². The van der Waals surface area contributed by atoms with Crippen LogP contribution in [0.1, 0.15) is 36.7 Å². The number of carbonyl (C=O) groups is 2. The Labute approximate surface area is 268 Å². The van der Waals surface area contributed by atoms with Crippen LogP contribution in [0.4, 0.5) is 34.9 Å². The molecule has 2 heterocycles. The number of carboxylic acids is 1. The van der Waals surface area contributed by atoms with E-state index in [2.05, 4.69) is 25.3 Å². The van der Waals surface area contributed by atoms with E-state index in [0.717, 1.165) is 44.1 Å².